The Hall–Kier alpha value is -0.640. The van der Waals surface area contributed by atoms with Gasteiger partial charge in [0.15, 0.2) is 0 Å². The van der Waals surface area contributed by atoms with Crippen molar-refractivity contribution in [2.75, 3.05) is 13.6 Å². The first kappa shape index (κ1) is 12.4. The van der Waals surface area contributed by atoms with E-state index in [1.54, 1.807) is 0 Å². The summed E-state index contributed by atoms with van der Waals surface area (Å²) in [4.78, 5) is 2.56. The Balaban J connectivity index is 2.88. The van der Waals surface area contributed by atoms with Gasteiger partial charge in [0.05, 0.1) is 0 Å². The van der Waals surface area contributed by atoms with Crippen LogP contribution >= 0.6 is 23.8 Å². The smallest absolute Gasteiger partial charge is 0.104 e. The fourth-order valence-electron chi connectivity index (χ4n) is 1.23. The second-order valence-electron chi connectivity index (χ2n) is 3.50. The molecule has 1 rings (SSSR count). The average Bonchev–Trinajstić information content (AvgIpc) is 2.20. The molecule has 0 aliphatic rings. The predicted molar refractivity (Wildman–Crippen MR) is 69.3 cm³/mol. The fourth-order valence-corrected chi connectivity index (χ4v) is 1.60. The first-order valence-corrected chi connectivity index (χ1v) is 5.60. The van der Waals surface area contributed by atoms with Crippen LogP contribution in [-0.2, 0) is 6.54 Å². The molecule has 0 fully saturated rings. The number of benzene rings is 1. The van der Waals surface area contributed by atoms with Gasteiger partial charge < -0.3 is 10.6 Å². The summed E-state index contributed by atoms with van der Waals surface area (Å²) in [5, 5.41) is 0.723. The monoisotopic (exact) mass is 242 g/mol. The summed E-state index contributed by atoms with van der Waals surface area (Å²) in [6.45, 7) is 3.94. The molecule has 0 radical (unpaired) electrons. The number of hydrogen-bond donors (Lipinski definition) is 1. The van der Waals surface area contributed by atoms with Gasteiger partial charge in [-0.3, -0.25) is 0 Å². The highest BCUT2D eigenvalue weighted by molar-refractivity contribution is 7.80. The van der Waals surface area contributed by atoms with E-state index in [0.29, 0.717) is 4.99 Å². The summed E-state index contributed by atoms with van der Waals surface area (Å²) >= 11 is 11.0. The van der Waals surface area contributed by atoms with Crippen molar-refractivity contribution in [3.63, 3.8) is 0 Å². The number of nitrogens with zero attached hydrogens (tertiary/aromatic N) is 1. The number of halogens is 1. The number of thiocarbonyl (C=S) groups is 1. The molecule has 0 saturated carbocycles. The van der Waals surface area contributed by atoms with E-state index in [2.05, 4.69) is 18.9 Å². The largest absolute Gasteiger partial charge is 0.389 e. The van der Waals surface area contributed by atoms with Gasteiger partial charge in [0.1, 0.15) is 4.99 Å². The van der Waals surface area contributed by atoms with Gasteiger partial charge in [0.2, 0.25) is 0 Å². The molecule has 0 bridgehead atoms. The van der Waals surface area contributed by atoms with Gasteiger partial charge in [0, 0.05) is 17.1 Å². The Bertz CT molecular complexity index is 366. The van der Waals surface area contributed by atoms with Crippen LogP contribution in [0.4, 0.5) is 0 Å². The Morgan fingerprint density at radius 1 is 1.53 bits per heavy atom. The van der Waals surface area contributed by atoms with Crippen LogP contribution in [0.2, 0.25) is 5.02 Å². The lowest BCUT2D eigenvalue weighted by atomic mass is 10.1. The third-order valence-electron chi connectivity index (χ3n) is 2.32. The lowest BCUT2D eigenvalue weighted by Gasteiger charge is -2.15. The van der Waals surface area contributed by atoms with Gasteiger partial charge in [-0.1, -0.05) is 42.9 Å². The molecule has 0 amide bonds. The van der Waals surface area contributed by atoms with Crippen molar-refractivity contribution in [1.82, 2.24) is 4.90 Å². The van der Waals surface area contributed by atoms with Crippen molar-refractivity contribution in [2.24, 2.45) is 5.73 Å². The zero-order valence-corrected chi connectivity index (χ0v) is 10.5. The van der Waals surface area contributed by atoms with E-state index < -0.39 is 0 Å². The van der Waals surface area contributed by atoms with Crippen molar-refractivity contribution in [1.29, 1.82) is 0 Å². The van der Waals surface area contributed by atoms with Gasteiger partial charge in [-0.05, 0) is 25.2 Å². The van der Waals surface area contributed by atoms with Crippen molar-refractivity contribution >= 4 is 28.8 Å². The standard InChI is InChI=1S/C11H15ClN2S/c1-3-14(2)7-9-5-4-8(11(13)15)6-10(9)12/h4-6H,3,7H2,1-2H3,(H2,13,15). The molecule has 0 aromatic heterocycles. The third kappa shape index (κ3) is 3.45. The lowest BCUT2D eigenvalue weighted by Crippen LogP contribution is -2.17. The highest BCUT2D eigenvalue weighted by Gasteiger charge is 2.05. The molecule has 0 aliphatic heterocycles. The Morgan fingerprint density at radius 3 is 2.67 bits per heavy atom. The molecule has 0 aliphatic carbocycles. The van der Waals surface area contributed by atoms with Crippen LogP contribution in [0, 0.1) is 0 Å². The van der Waals surface area contributed by atoms with Crippen LogP contribution in [-0.4, -0.2) is 23.5 Å². The maximum Gasteiger partial charge on any atom is 0.104 e. The molecule has 0 spiro atoms. The second kappa shape index (κ2) is 5.45. The molecule has 1 aromatic rings. The highest BCUT2D eigenvalue weighted by Crippen LogP contribution is 2.19. The number of nitrogens with two attached hydrogens (primary N) is 1. The first-order valence-electron chi connectivity index (χ1n) is 4.81. The van der Waals surface area contributed by atoms with Crippen molar-refractivity contribution in [3.05, 3.63) is 34.3 Å². The Kier molecular flexibility index (Phi) is 4.51. The van der Waals surface area contributed by atoms with Crippen molar-refractivity contribution in [3.8, 4) is 0 Å². The molecule has 0 unspecified atom stereocenters. The summed E-state index contributed by atoms with van der Waals surface area (Å²) in [5.41, 5.74) is 7.44. The maximum absolute atomic E-state index is 6.13. The van der Waals surface area contributed by atoms with E-state index in [-0.39, 0.29) is 0 Å². The minimum Gasteiger partial charge on any atom is -0.389 e. The number of rotatable bonds is 4. The SMILES string of the molecule is CCN(C)Cc1ccc(C(N)=S)cc1Cl. The molecule has 2 nitrogen and oxygen atoms in total. The summed E-state index contributed by atoms with van der Waals surface area (Å²) in [5.74, 6) is 0. The molecular formula is C11H15ClN2S. The van der Waals surface area contributed by atoms with E-state index in [0.717, 1.165) is 29.2 Å². The molecule has 0 heterocycles. The molecular weight excluding hydrogens is 228 g/mol. The minimum absolute atomic E-state index is 0.382. The summed E-state index contributed by atoms with van der Waals surface area (Å²) in [7, 11) is 2.05. The molecule has 0 atom stereocenters. The zero-order valence-electron chi connectivity index (χ0n) is 8.96. The van der Waals surface area contributed by atoms with Gasteiger partial charge in [0.25, 0.3) is 0 Å². The number of hydrogen-bond acceptors (Lipinski definition) is 2. The fraction of sp³-hybridized carbons (Fsp3) is 0.364. The van der Waals surface area contributed by atoms with Gasteiger partial charge >= 0.3 is 0 Å². The maximum atomic E-state index is 6.13. The molecule has 2 N–H and O–H groups in total. The zero-order chi connectivity index (χ0) is 11.4. The Morgan fingerprint density at radius 2 is 2.20 bits per heavy atom. The highest BCUT2D eigenvalue weighted by atomic mass is 35.5. The lowest BCUT2D eigenvalue weighted by molar-refractivity contribution is 0.346. The van der Waals surface area contributed by atoms with Crippen LogP contribution in [0.15, 0.2) is 18.2 Å². The average molecular weight is 243 g/mol. The quantitative estimate of drug-likeness (QED) is 0.823. The minimum atomic E-state index is 0.382. The summed E-state index contributed by atoms with van der Waals surface area (Å²) in [6.07, 6.45) is 0. The normalized spacial score (nSPS) is 10.7. The van der Waals surface area contributed by atoms with Gasteiger partial charge in [-0.2, -0.15) is 0 Å². The van der Waals surface area contributed by atoms with E-state index in [1.165, 1.54) is 0 Å². The topological polar surface area (TPSA) is 29.3 Å². The molecule has 1 aromatic carbocycles. The predicted octanol–water partition coefficient (Wildman–Crippen LogP) is 2.43. The molecule has 15 heavy (non-hydrogen) atoms. The van der Waals surface area contributed by atoms with Crippen LogP contribution in [0.3, 0.4) is 0 Å². The van der Waals surface area contributed by atoms with E-state index in [4.69, 9.17) is 29.6 Å². The van der Waals surface area contributed by atoms with Gasteiger partial charge in [-0.15, -0.1) is 0 Å². The molecule has 4 heteroatoms. The van der Waals surface area contributed by atoms with E-state index >= 15 is 0 Å². The van der Waals surface area contributed by atoms with Crippen LogP contribution in [0.25, 0.3) is 0 Å². The van der Waals surface area contributed by atoms with Gasteiger partial charge in [-0.25, -0.2) is 0 Å². The summed E-state index contributed by atoms with van der Waals surface area (Å²) in [6, 6.07) is 5.71. The first-order chi connectivity index (χ1) is 7.04. The second-order valence-corrected chi connectivity index (χ2v) is 4.35. The Labute approximate surface area is 101 Å². The van der Waals surface area contributed by atoms with E-state index in [1.807, 2.05) is 18.2 Å². The van der Waals surface area contributed by atoms with Crippen molar-refractivity contribution < 1.29 is 0 Å². The van der Waals surface area contributed by atoms with Crippen LogP contribution < -0.4 is 5.73 Å². The van der Waals surface area contributed by atoms with Crippen LogP contribution in [0.5, 0.6) is 0 Å². The van der Waals surface area contributed by atoms with Crippen molar-refractivity contribution in [2.45, 2.75) is 13.5 Å². The molecule has 0 saturated heterocycles. The summed E-state index contributed by atoms with van der Waals surface area (Å²) < 4.78 is 0. The molecule has 82 valence electrons. The van der Waals surface area contributed by atoms with Crippen LogP contribution in [0.1, 0.15) is 18.1 Å². The third-order valence-corrected chi connectivity index (χ3v) is 2.91. The van der Waals surface area contributed by atoms with E-state index in [9.17, 15) is 0 Å².